The zero-order valence-electron chi connectivity index (χ0n) is 14.3. The number of fused-ring (bicyclic) bond motifs is 1. The third-order valence-corrected chi connectivity index (χ3v) is 4.68. The summed E-state index contributed by atoms with van der Waals surface area (Å²) in [6.45, 7) is 0. The molecule has 0 aliphatic carbocycles. The van der Waals surface area contributed by atoms with Crippen LogP contribution in [0.2, 0.25) is 0 Å². The van der Waals surface area contributed by atoms with Gasteiger partial charge < -0.3 is 4.57 Å². The van der Waals surface area contributed by atoms with Crippen molar-refractivity contribution in [2.24, 2.45) is 7.05 Å². The molecule has 27 heavy (non-hydrogen) atoms. The average molecular weight is 379 g/mol. The van der Waals surface area contributed by atoms with Gasteiger partial charge in [-0.3, -0.25) is 19.8 Å². The van der Waals surface area contributed by atoms with Crippen LogP contribution in [0.4, 0.5) is 10.1 Å². The van der Waals surface area contributed by atoms with Gasteiger partial charge in [-0.15, -0.1) is 0 Å². The van der Waals surface area contributed by atoms with E-state index >= 15 is 0 Å². The average Bonchev–Trinajstić information content (AvgIpc) is 2.95. The molecule has 2 amide bonds. The molecule has 3 aromatic rings. The quantitative estimate of drug-likeness (QED) is 0.423. The van der Waals surface area contributed by atoms with Crippen molar-refractivity contribution in [3.05, 3.63) is 71.7 Å². The number of thiocarbonyl (C=S) groups is 1. The molecule has 1 N–H and O–H groups in total. The van der Waals surface area contributed by atoms with Crippen LogP contribution in [0.5, 0.6) is 0 Å². The first-order valence-electron chi connectivity index (χ1n) is 8.17. The van der Waals surface area contributed by atoms with E-state index in [1.807, 2.05) is 42.1 Å². The van der Waals surface area contributed by atoms with Crippen molar-refractivity contribution in [2.45, 2.75) is 0 Å². The van der Waals surface area contributed by atoms with E-state index < -0.39 is 17.6 Å². The van der Waals surface area contributed by atoms with Crippen LogP contribution in [0.15, 0.2) is 60.3 Å². The van der Waals surface area contributed by atoms with E-state index in [-0.39, 0.29) is 16.4 Å². The summed E-state index contributed by atoms with van der Waals surface area (Å²) >= 11 is 5.12. The molecule has 4 rings (SSSR count). The number of carbonyl (C=O) groups is 2. The number of aromatic nitrogens is 1. The predicted molar refractivity (Wildman–Crippen MR) is 106 cm³/mol. The Morgan fingerprint density at radius 3 is 2.67 bits per heavy atom. The Morgan fingerprint density at radius 1 is 1.11 bits per heavy atom. The second-order valence-corrected chi connectivity index (χ2v) is 6.54. The van der Waals surface area contributed by atoms with Crippen molar-refractivity contribution < 1.29 is 14.0 Å². The first-order valence-corrected chi connectivity index (χ1v) is 8.57. The first kappa shape index (κ1) is 17.1. The van der Waals surface area contributed by atoms with E-state index in [1.54, 1.807) is 6.07 Å². The van der Waals surface area contributed by atoms with Gasteiger partial charge in [-0.1, -0.05) is 24.3 Å². The fraction of sp³-hybridized carbons (Fsp3) is 0.0500. The summed E-state index contributed by atoms with van der Waals surface area (Å²) in [6, 6.07) is 13.2. The number of rotatable bonds is 2. The molecular formula is C20H14FN3O2S. The molecule has 1 aliphatic heterocycles. The Hall–Kier alpha value is -3.32. The number of para-hydroxylation sites is 1. The summed E-state index contributed by atoms with van der Waals surface area (Å²) in [5, 5.41) is 3.34. The van der Waals surface area contributed by atoms with Gasteiger partial charge in [0.2, 0.25) is 0 Å². The van der Waals surface area contributed by atoms with Gasteiger partial charge in [-0.2, -0.15) is 0 Å². The molecule has 2 aromatic carbocycles. The molecule has 134 valence electrons. The van der Waals surface area contributed by atoms with E-state index in [0.29, 0.717) is 0 Å². The Morgan fingerprint density at radius 2 is 1.89 bits per heavy atom. The highest BCUT2D eigenvalue weighted by Crippen LogP contribution is 2.26. The number of carbonyl (C=O) groups excluding carboxylic acids is 2. The third kappa shape index (κ3) is 2.92. The molecule has 0 atom stereocenters. The molecule has 0 radical (unpaired) electrons. The first-order chi connectivity index (χ1) is 13.0. The Bertz CT molecular complexity index is 1150. The lowest BCUT2D eigenvalue weighted by atomic mass is 10.1. The SMILES string of the molecule is Cn1cc(/C=C2/C(=O)NC(=S)N(c3cccc(F)c3)C2=O)c2ccccc21. The largest absolute Gasteiger partial charge is 0.350 e. The van der Waals surface area contributed by atoms with Crippen LogP contribution < -0.4 is 10.2 Å². The van der Waals surface area contributed by atoms with E-state index in [1.165, 1.54) is 24.3 Å². The lowest BCUT2D eigenvalue weighted by Gasteiger charge is -2.28. The molecule has 5 nitrogen and oxygen atoms in total. The maximum Gasteiger partial charge on any atom is 0.270 e. The molecule has 2 heterocycles. The fourth-order valence-electron chi connectivity index (χ4n) is 3.15. The maximum absolute atomic E-state index is 13.6. The lowest BCUT2D eigenvalue weighted by Crippen LogP contribution is -2.54. The van der Waals surface area contributed by atoms with Gasteiger partial charge in [0, 0.05) is 29.7 Å². The van der Waals surface area contributed by atoms with Gasteiger partial charge >= 0.3 is 0 Å². The van der Waals surface area contributed by atoms with Crippen molar-refractivity contribution in [1.29, 1.82) is 0 Å². The topological polar surface area (TPSA) is 54.3 Å². The van der Waals surface area contributed by atoms with Gasteiger partial charge in [0.1, 0.15) is 11.4 Å². The standard InChI is InChI=1S/C20H14FN3O2S/c1-23-11-12(15-7-2-3-8-17(15)23)9-16-18(25)22-20(27)24(19(16)26)14-6-4-5-13(21)10-14/h2-11H,1H3,(H,22,25,27)/b16-9-. The van der Waals surface area contributed by atoms with Gasteiger partial charge in [0.15, 0.2) is 5.11 Å². The summed E-state index contributed by atoms with van der Waals surface area (Å²) < 4.78 is 15.5. The minimum Gasteiger partial charge on any atom is -0.350 e. The van der Waals surface area contributed by atoms with Crippen LogP contribution in [0, 0.1) is 5.82 Å². The van der Waals surface area contributed by atoms with Gasteiger partial charge in [-0.05, 0) is 42.6 Å². The number of benzene rings is 2. The molecule has 0 unspecified atom stereocenters. The molecule has 7 heteroatoms. The number of anilines is 1. The Kier molecular flexibility index (Phi) is 4.08. The summed E-state index contributed by atoms with van der Waals surface area (Å²) in [4.78, 5) is 26.5. The monoisotopic (exact) mass is 379 g/mol. The Balaban J connectivity index is 1.82. The van der Waals surface area contributed by atoms with Gasteiger partial charge in [0.25, 0.3) is 11.8 Å². The second-order valence-electron chi connectivity index (χ2n) is 6.15. The molecule has 1 aliphatic rings. The van der Waals surface area contributed by atoms with E-state index in [0.717, 1.165) is 21.4 Å². The number of aryl methyl sites for hydroxylation is 1. The molecule has 0 saturated carbocycles. The number of halogens is 1. The summed E-state index contributed by atoms with van der Waals surface area (Å²) in [6.07, 6.45) is 3.38. The number of amides is 2. The van der Waals surface area contributed by atoms with Crippen molar-refractivity contribution in [3.63, 3.8) is 0 Å². The smallest absolute Gasteiger partial charge is 0.270 e. The zero-order chi connectivity index (χ0) is 19.1. The highest BCUT2D eigenvalue weighted by atomic mass is 32.1. The normalized spacial score (nSPS) is 16.3. The van der Waals surface area contributed by atoms with Crippen LogP contribution in [0.3, 0.4) is 0 Å². The molecular weight excluding hydrogens is 365 g/mol. The van der Waals surface area contributed by atoms with E-state index in [9.17, 15) is 14.0 Å². The number of nitrogens with zero attached hydrogens (tertiary/aromatic N) is 2. The lowest BCUT2D eigenvalue weighted by molar-refractivity contribution is -0.122. The van der Waals surface area contributed by atoms with Crippen molar-refractivity contribution in [1.82, 2.24) is 9.88 Å². The third-order valence-electron chi connectivity index (χ3n) is 4.40. The van der Waals surface area contributed by atoms with Crippen LogP contribution in [0.1, 0.15) is 5.56 Å². The minimum atomic E-state index is -0.595. The number of hydrogen-bond donors (Lipinski definition) is 1. The minimum absolute atomic E-state index is 0.0655. The highest BCUT2D eigenvalue weighted by Gasteiger charge is 2.34. The van der Waals surface area contributed by atoms with Crippen molar-refractivity contribution >= 4 is 51.8 Å². The summed E-state index contributed by atoms with van der Waals surface area (Å²) in [5.74, 6) is -1.67. The molecule has 1 saturated heterocycles. The van der Waals surface area contributed by atoms with Gasteiger partial charge in [0.05, 0.1) is 5.69 Å². The van der Waals surface area contributed by atoms with Crippen LogP contribution in [-0.2, 0) is 16.6 Å². The van der Waals surface area contributed by atoms with Crippen molar-refractivity contribution in [3.8, 4) is 0 Å². The molecule has 1 aromatic heterocycles. The highest BCUT2D eigenvalue weighted by molar-refractivity contribution is 7.80. The maximum atomic E-state index is 13.6. The fourth-order valence-corrected chi connectivity index (χ4v) is 3.43. The van der Waals surface area contributed by atoms with E-state index in [2.05, 4.69) is 5.32 Å². The summed E-state index contributed by atoms with van der Waals surface area (Å²) in [5.41, 5.74) is 1.90. The van der Waals surface area contributed by atoms with Crippen molar-refractivity contribution in [2.75, 3.05) is 4.90 Å². The summed E-state index contributed by atoms with van der Waals surface area (Å²) in [7, 11) is 1.89. The van der Waals surface area contributed by atoms with E-state index in [4.69, 9.17) is 12.2 Å². The second kappa shape index (κ2) is 6.44. The molecule has 0 spiro atoms. The van der Waals surface area contributed by atoms with Crippen LogP contribution in [-0.4, -0.2) is 21.5 Å². The zero-order valence-corrected chi connectivity index (χ0v) is 15.1. The van der Waals surface area contributed by atoms with Crippen LogP contribution >= 0.6 is 12.2 Å². The van der Waals surface area contributed by atoms with Crippen LogP contribution in [0.25, 0.3) is 17.0 Å². The Labute approximate surface area is 159 Å². The predicted octanol–water partition coefficient (Wildman–Crippen LogP) is 3.15. The van der Waals surface area contributed by atoms with Gasteiger partial charge in [-0.25, -0.2) is 4.39 Å². The molecule has 1 fully saturated rings. The molecule has 0 bridgehead atoms. The number of hydrogen-bond acceptors (Lipinski definition) is 3. The number of nitrogens with one attached hydrogen (secondary N) is 1.